The molecule has 5 N–H and O–H groups in total. The van der Waals surface area contributed by atoms with Crippen LogP contribution in [0.3, 0.4) is 0 Å². The average molecular weight is 668 g/mol. The summed E-state index contributed by atoms with van der Waals surface area (Å²) in [5, 5.41) is 23.5. The molecule has 3 rings (SSSR count). The number of nitrogens with zero attached hydrogens (tertiary/aromatic N) is 1. The second kappa shape index (κ2) is 15.7. The van der Waals surface area contributed by atoms with Crippen LogP contribution in [0, 0.1) is 10.8 Å². The smallest absolute Gasteiger partial charge is 0.254 e. The van der Waals surface area contributed by atoms with Gasteiger partial charge in [-0.2, -0.15) is 0 Å². The van der Waals surface area contributed by atoms with Crippen molar-refractivity contribution in [3.63, 3.8) is 0 Å². The highest BCUT2D eigenvalue weighted by molar-refractivity contribution is 8.00. The molecule has 258 valence electrons. The Kier molecular flexibility index (Phi) is 12.7. The Hall–Kier alpha value is -3.41. The molecule has 5 atom stereocenters. The Labute approximate surface area is 284 Å². The zero-order valence-electron chi connectivity index (χ0n) is 29.2. The van der Waals surface area contributed by atoms with Gasteiger partial charge in [-0.3, -0.25) is 19.2 Å². The lowest BCUT2D eigenvalue weighted by atomic mass is 9.85. The van der Waals surface area contributed by atoms with Gasteiger partial charge in [0.15, 0.2) is 6.10 Å². The molecule has 10 nitrogen and oxygen atoms in total. The van der Waals surface area contributed by atoms with E-state index < -0.39 is 52.2 Å². The van der Waals surface area contributed by atoms with Gasteiger partial charge in [-0.15, -0.1) is 11.8 Å². The summed E-state index contributed by atoms with van der Waals surface area (Å²) in [4.78, 5) is 56.4. The van der Waals surface area contributed by atoms with Crippen molar-refractivity contribution in [2.24, 2.45) is 10.8 Å². The molecule has 0 aliphatic carbocycles. The van der Waals surface area contributed by atoms with Gasteiger partial charge in [-0.05, 0) is 49.3 Å². The first-order valence-electron chi connectivity index (χ1n) is 16.1. The van der Waals surface area contributed by atoms with E-state index in [-0.39, 0.29) is 29.5 Å². The van der Waals surface area contributed by atoms with Crippen LogP contribution in [0.1, 0.15) is 72.6 Å². The lowest BCUT2D eigenvalue weighted by molar-refractivity contribution is -0.148. The summed E-state index contributed by atoms with van der Waals surface area (Å²) in [5.74, 6) is -1.63. The van der Waals surface area contributed by atoms with Crippen LogP contribution in [0.15, 0.2) is 60.7 Å². The number of carbonyl (C=O) groups excluding carboxylic acids is 4. The first-order valence-corrected chi connectivity index (χ1v) is 17.1. The molecule has 1 heterocycles. The Bertz CT molecular complexity index is 1370. The number of likely N-dealkylation sites (N-methyl/N-ethyl adjacent to an activating group) is 1. The number of carbonyl (C=O) groups is 4. The molecule has 0 unspecified atom stereocenters. The number of rotatable bonds is 12. The Morgan fingerprint density at radius 3 is 2.02 bits per heavy atom. The van der Waals surface area contributed by atoms with Gasteiger partial charge in [0.25, 0.3) is 5.91 Å². The minimum atomic E-state index is -1.66. The van der Waals surface area contributed by atoms with Gasteiger partial charge >= 0.3 is 0 Å². The van der Waals surface area contributed by atoms with Crippen LogP contribution in [0.5, 0.6) is 0 Å². The van der Waals surface area contributed by atoms with Gasteiger partial charge in [0.2, 0.25) is 17.7 Å². The molecule has 2 aromatic carbocycles. The van der Waals surface area contributed by atoms with Crippen LogP contribution in [-0.2, 0) is 25.6 Å². The SMILES string of the molecule is CN[C@H](C(=O)N[C@H](C(=O)N[C@@H](Cc1ccccc1)[C@H](O)C(=O)N1CSC(C)(C)[C@H]1C(=O)NCC(C)(C)C)C(C)(C)C)c1ccccc1. The van der Waals surface area contributed by atoms with Crippen molar-refractivity contribution in [1.82, 2.24) is 26.2 Å². The number of hydrogen-bond donors (Lipinski definition) is 5. The molecule has 11 heteroatoms. The molecule has 0 saturated carbocycles. The quantitative estimate of drug-likeness (QED) is 0.234. The number of benzene rings is 2. The molecule has 4 amide bonds. The van der Waals surface area contributed by atoms with Crippen LogP contribution < -0.4 is 21.3 Å². The molecule has 1 aliphatic heterocycles. The molecule has 0 spiro atoms. The highest BCUT2D eigenvalue weighted by Gasteiger charge is 2.50. The average Bonchev–Trinajstić information content (AvgIpc) is 3.32. The highest BCUT2D eigenvalue weighted by atomic mass is 32.2. The van der Waals surface area contributed by atoms with E-state index in [1.54, 1.807) is 7.05 Å². The van der Waals surface area contributed by atoms with Crippen molar-refractivity contribution < 1.29 is 24.3 Å². The molecule has 1 fully saturated rings. The van der Waals surface area contributed by atoms with Crippen LogP contribution in [0.4, 0.5) is 0 Å². The van der Waals surface area contributed by atoms with Gasteiger partial charge in [0.1, 0.15) is 18.1 Å². The maximum absolute atomic E-state index is 14.0. The molecule has 0 aromatic heterocycles. The van der Waals surface area contributed by atoms with E-state index in [4.69, 9.17) is 0 Å². The number of nitrogens with one attached hydrogen (secondary N) is 4. The summed E-state index contributed by atoms with van der Waals surface area (Å²) in [7, 11) is 1.68. The van der Waals surface area contributed by atoms with Crippen LogP contribution in [-0.4, -0.2) is 82.1 Å². The number of thioether (sulfide) groups is 1. The summed E-state index contributed by atoms with van der Waals surface area (Å²) < 4.78 is -0.597. The minimum absolute atomic E-state index is 0.152. The summed E-state index contributed by atoms with van der Waals surface area (Å²) in [6.45, 7) is 15.8. The standard InChI is InChI=1S/C36H53N5O5S/c1-34(2,3)21-38-32(45)29-36(7,8)47-22-41(29)33(46)27(42)25(20-23-16-12-10-13-17-23)39-31(44)28(35(4,5)6)40-30(43)26(37-9)24-18-14-11-15-19-24/h10-19,25-29,37,42H,20-22H2,1-9H3,(H,38,45)(H,39,44)(H,40,43)/t25-,26-,27-,28+,29+/m0/s1. The van der Waals surface area contributed by atoms with Crippen LogP contribution >= 0.6 is 11.8 Å². The molecular weight excluding hydrogens is 614 g/mol. The first kappa shape index (κ1) is 38.0. The van der Waals surface area contributed by atoms with E-state index >= 15 is 0 Å². The van der Waals surface area contributed by atoms with Crippen LogP contribution in [0.25, 0.3) is 0 Å². The maximum Gasteiger partial charge on any atom is 0.254 e. The largest absolute Gasteiger partial charge is 0.381 e. The minimum Gasteiger partial charge on any atom is -0.381 e. The molecule has 1 saturated heterocycles. The van der Waals surface area contributed by atoms with Gasteiger partial charge in [0, 0.05) is 11.3 Å². The van der Waals surface area contributed by atoms with E-state index in [1.165, 1.54) is 16.7 Å². The van der Waals surface area contributed by atoms with Gasteiger partial charge < -0.3 is 31.3 Å². The number of amides is 4. The van der Waals surface area contributed by atoms with Crippen LogP contribution in [0.2, 0.25) is 0 Å². The predicted octanol–water partition coefficient (Wildman–Crippen LogP) is 3.41. The lowest BCUT2D eigenvalue weighted by Crippen LogP contribution is -2.62. The summed E-state index contributed by atoms with van der Waals surface area (Å²) in [5.41, 5.74) is 0.678. The number of aliphatic hydroxyl groups excluding tert-OH is 1. The zero-order chi connectivity index (χ0) is 35.2. The molecule has 2 aromatic rings. The molecule has 1 aliphatic rings. The third-order valence-corrected chi connectivity index (χ3v) is 9.60. The lowest BCUT2D eigenvalue weighted by Gasteiger charge is -2.36. The third-order valence-electron chi connectivity index (χ3n) is 8.23. The fourth-order valence-corrected chi connectivity index (χ4v) is 6.72. The van der Waals surface area contributed by atoms with Gasteiger partial charge in [-0.25, -0.2) is 0 Å². The van der Waals surface area contributed by atoms with Crippen molar-refractivity contribution in [2.75, 3.05) is 19.5 Å². The molecule has 0 bridgehead atoms. The monoisotopic (exact) mass is 667 g/mol. The Morgan fingerprint density at radius 1 is 0.915 bits per heavy atom. The van der Waals surface area contributed by atoms with E-state index in [1.807, 2.05) is 116 Å². The fraction of sp³-hybridized carbons (Fsp3) is 0.556. The van der Waals surface area contributed by atoms with Gasteiger partial charge in [0.05, 0.1) is 11.9 Å². The topological polar surface area (TPSA) is 140 Å². The zero-order valence-corrected chi connectivity index (χ0v) is 30.0. The van der Waals surface area contributed by atoms with Crippen molar-refractivity contribution in [2.45, 2.75) is 96.8 Å². The molecular formula is C36H53N5O5S. The summed E-state index contributed by atoms with van der Waals surface area (Å²) >= 11 is 1.46. The van der Waals surface area contributed by atoms with Crippen molar-refractivity contribution in [3.05, 3.63) is 71.8 Å². The van der Waals surface area contributed by atoms with E-state index in [9.17, 15) is 24.3 Å². The second-order valence-electron chi connectivity index (χ2n) is 15.1. The maximum atomic E-state index is 14.0. The fourth-order valence-electron chi connectivity index (χ4n) is 5.57. The third kappa shape index (κ3) is 10.3. The normalized spacial score (nSPS) is 18.9. The highest BCUT2D eigenvalue weighted by Crippen LogP contribution is 2.40. The Balaban J connectivity index is 1.89. The first-order chi connectivity index (χ1) is 21.9. The summed E-state index contributed by atoms with van der Waals surface area (Å²) in [6, 6.07) is 14.9. The van der Waals surface area contributed by atoms with E-state index in [0.29, 0.717) is 6.54 Å². The number of hydrogen-bond acceptors (Lipinski definition) is 7. The van der Waals surface area contributed by atoms with Crippen molar-refractivity contribution in [3.8, 4) is 0 Å². The molecule has 47 heavy (non-hydrogen) atoms. The number of aliphatic hydroxyl groups is 1. The second-order valence-corrected chi connectivity index (χ2v) is 16.7. The predicted molar refractivity (Wildman–Crippen MR) is 187 cm³/mol. The van der Waals surface area contributed by atoms with Crippen molar-refractivity contribution >= 4 is 35.4 Å². The van der Waals surface area contributed by atoms with E-state index in [0.717, 1.165) is 11.1 Å². The summed E-state index contributed by atoms with van der Waals surface area (Å²) in [6.07, 6.45) is -1.50. The molecule has 0 radical (unpaired) electrons. The van der Waals surface area contributed by atoms with Gasteiger partial charge in [-0.1, -0.05) is 102 Å². The Morgan fingerprint density at radius 2 is 1.49 bits per heavy atom. The van der Waals surface area contributed by atoms with E-state index in [2.05, 4.69) is 21.3 Å². The van der Waals surface area contributed by atoms with Crippen molar-refractivity contribution in [1.29, 1.82) is 0 Å².